The van der Waals surface area contributed by atoms with Crippen LogP contribution in [0.4, 0.5) is 5.69 Å². The molecule has 1 aliphatic rings. The Morgan fingerprint density at radius 3 is 2.28 bits per heavy atom. The summed E-state index contributed by atoms with van der Waals surface area (Å²) in [6, 6.07) is 16.3. The molecule has 2 unspecified atom stereocenters. The van der Waals surface area contributed by atoms with Crippen LogP contribution in [0.15, 0.2) is 54.6 Å². The summed E-state index contributed by atoms with van der Waals surface area (Å²) in [4.78, 5) is 27.3. The van der Waals surface area contributed by atoms with Crippen molar-refractivity contribution in [1.29, 1.82) is 0 Å². The van der Waals surface area contributed by atoms with Crippen LogP contribution >= 0.6 is 0 Å². The minimum absolute atomic E-state index is 0.00142. The summed E-state index contributed by atoms with van der Waals surface area (Å²) in [5, 5.41) is 15.7. The lowest BCUT2D eigenvalue weighted by Gasteiger charge is -2.35. The SMILES string of the molecule is CC(NC(=O)C(C)N1CCC(C(=O)Nc2ccccc2O)CC1)c1ccccc1. The number of nitrogens with one attached hydrogen (secondary N) is 2. The Hall–Kier alpha value is -2.86. The number of carbonyl (C=O) groups is 2. The van der Waals surface area contributed by atoms with E-state index in [4.69, 9.17) is 0 Å². The van der Waals surface area contributed by atoms with Gasteiger partial charge in [0.25, 0.3) is 0 Å². The topological polar surface area (TPSA) is 81.7 Å². The van der Waals surface area contributed by atoms with Crippen molar-refractivity contribution >= 4 is 17.5 Å². The number of anilines is 1. The summed E-state index contributed by atoms with van der Waals surface area (Å²) in [6.07, 6.45) is 1.37. The fraction of sp³-hybridized carbons (Fsp3) is 0.391. The van der Waals surface area contributed by atoms with Crippen molar-refractivity contribution in [3.05, 3.63) is 60.2 Å². The smallest absolute Gasteiger partial charge is 0.237 e. The van der Waals surface area contributed by atoms with Crippen molar-refractivity contribution < 1.29 is 14.7 Å². The van der Waals surface area contributed by atoms with Crippen molar-refractivity contribution in [1.82, 2.24) is 10.2 Å². The number of para-hydroxylation sites is 2. The number of likely N-dealkylation sites (tertiary alicyclic amines) is 1. The summed E-state index contributed by atoms with van der Waals surface area (Å²) < 4.78 is 0. The van der Waals surface area contributed by atoms with Crippen LogP contribution in [-0.2, 0) is 9.59 Å². The number of phenolic OH excluding ortho intramolecular Hbond substituents is 1. The first-order valence-electron chi connectivity index (χ1n) is 10.1. The molecule has 1 fully saturated rings. The minimum Gasteiger partial charge on any atom is -0.506 e. The van der Waals surface area contributed by atoms with Crippen LogP contribution in [0.2, 0.25) is 0 Å². The van der Waals surface area contributed by atoms with Crippen LogP contribution in [0.3, 0.4) is 0 Å². The van der Waals surface area contributed by atoms with E-state index in [1.54, 1.807) is 24.3 Å². The lowest BCUT2D eigenvalue weighted by molar-refractivity contribution is -0.127. The van der Waals surface area contributed by atoms with Gasteiger partial charge in [-0.15, -0.1) is 0 Å². The standard InChI is InChI=1S/C23H29N3O3/c1-16(18-8-4-3-5-9-18)24-22(28)17(2)26-14-12-19(13-15-26)23(29)25-20-10-6-7-11-21(20)27/h3-11,16-17,19,27H,12-15H2,1-2H3,(H,24,28)(H,25,29). The Morgan fingerprint density at radius 2 is 1.62 bits per heavy atom. The van der Waals surface area contributed by atoms with Gasteiger partial charge in [0.05, 0.1) is 17.8 Å². The molecule has 2 atom stereocenters. The molecular weight excluding hydrogens is 366 g/mol. The summed E-state index contributed by atoms with van der Waals surface area (Å²) >= 11 is 0. The molecule has 0 saturated carbocycles. The van der Waals surface area contributed by atoms with E-state index >= 15 is 0 Å². The third kappa shape index (κ3) is 5.35. The molecule has 29 heavy (non-hydrogen) atoms. The highest BCUT2D eigenvalue weighted by molar-refractivity contribution is 5.94. The van der Waals surface area contributed by atoms with Crippen molar-refractivity contribution in [3.8, 4) is 5.75 Å². The van der Waals surface area contributed by atoms with Gasteiger partial charge >= 0.3 is 0 Å². The van der Waals surface area contributed by atoms with Gasteiger partial charge in [-0.1, -0.05) is 42.5 Å². The molecule has 2 amide bonds. The van der Waals surface area contributed by atoms with E-state index < -0.39 is 0 Å². The van der Waals surface area contributed by atoms with E-state index in [0.717, 1.165) is 5.56 Å². The number of benzene rings is 2. The molecule has 0 radical (unpaired) electrons. The number of rotatable bonds is 6. The molecule has 154 valence electrons. The number of nitrogens with zero attached hydrogens (tertiary/aromatic N) is 1. The zero-order chi connectivity index (χ0) is 20.8. The quantitative estimate of drug-likeness (QED) is 0.656. The molecule has 3 rings (SSSR count). The van der Waals surface area contributed by atoms with Crippen LogP contribution in [0, 0.1) is 5.92 Å². The van der Waals surface area contributed by atoms with Gasteiger partial charge in [-0.2, -0.15) is 0 Å². The highest BCUT2D eigenvalue weighted by Crippen LogP contribution is 2.25. The maximum atomic E-state index is 12.7. The average Bonchev–Trinajstić information content (AvgIpc) is 2.75. The predicted molar refractivity (Wildman–Crippen MR) is 113 cm³/mol. The number of hydrogen-bond acceptors (Lipinski definition) is 4. The molecule has 1 saturated heterocycles. The third-order valence-corrected chi connectivity index (χ3v) is 5.65. The van der Waals surface area contributed by atoms with E-state index in [1.807, 2.05) is 44.2 Å². The second-order valence-corrected chi connectivity index (χ2v) is 7.63. The molecule has 0 spiro atoms. The minimum atomic E-state index is -0.247. The van der Waals surface area contributed by atoms with E-state index in [0.29, 0.717) is 31.6 Å². The van der Waals surface area contributed by atoms with Crippen LogP contribution in [0.5, 0.6) is 5.75 Å². The lowest BCUT2D eigenvalue weighted by atomic mass is 9.94. The first kappa shape index (κ1) is 20.9. The largest absolute Gasteiger partial charge is 0.506 e. The molecule has 6 nitrogen and oxygen atoms in total. The lowest BCUT2D eigenvalue weighted by Crippen LogP contribution is -2.49. The third-order valence-electron chi connectivity index (χ3n) is 5.65. The van der Waals surface area contributed by atoms with Gasteiger partial charge < -0.3 is 15.7 Å². The fourth-order valence-electron chi connectivity index (χ4n) is 3.69. The highest BCUT2D eigenvalue weighted by atomic mass is 16.3. The number of phenols is 1. The second kappa shape index (κ2) is 9.56. The number of piperidine rings is 1. The Morgan fingerprint density at radius 1 is 1.00 bits per heavy atom. The normalized spacial score (nSPS) is 17.3. The monoisotopic (exact) mass is 395 g/mol. The van der Waals surface area contributed by atoms with Crippen molar-refractivity contribution in [2.45, 2.75) is 38.8 Å². The number of amides is 2. The maximum absolute atomic E-state index is 12.7. The molecule has 0 bridgehead atoms. The van der Waals surface area contributed by atoms with E-state index in [9.17, 15) is 14.7 Å². The molecule has 2 aromatic carbocycles. The second-order valence-electron chi connectivity index (χ2n) is 7.63. The zero-order valence-electron chi connectivity index (χ0n) is 17.0. The van der Waals surface area contributed by atoms with Crippen LogP contribution in [-0.4, -0.2) is 41.0 Å². The van der Waals surface area contributed by atoms with Gasteiger partial charge in [-0.05, 0) is 57.5 Å². The number of hydrogen-bond donors (Lipinski definition) is 3. The van der Waals surface area contributed by atoms with Crippen molar-refractivity contribution in [2.24, 2.45) is 5.92 Å². The molecule has 0 aromatic heterocycles. The van der Waals surface area contributed by atoms with Gasteiger partial charge in [0.1, 0.15) is 5.75 Å². The first-order valence-corrected chi connectivity index (χ1v) is 10.1. The van der Waals surface area contributed by atoms with Crippen LogP contribution in [0.25, 0.3) is 0 Å². The van der Waals surface area contributed by atoms with Gasteiger partial charge in [-0.3, -0.25) is 14.5 Å². The molecule has 0 aliphatic carbocycles. The molecule has 1 aliphatic heterocycles. The Kier molecular flexibility index (Phi) is 6.88. The molecule has 2 aromatic rings. The summed E-state index contributed by atoms with van der Waals surface area (Å²) in [5.41, 5.74) is 1.51. The predicted octanol–water partition coefficient (Wildman–Crippen LogP) is 3.31. The Labute approximate surface area is 171 Å². The van der Waals surface area contributed by atoms with Crippen molar-refractivity contribution in [3.63, 3.8) is 0 Å². The number of carbonyl (C=O) groups excluding carboxylic acids is 2. The van der Waals surface area contributed by atoms with Gasteiger partial charge in [0, 0.05) is 5.92 Å². The van der Waals surface area contributed by atoms with E-state index in [1.165, 1.54) is 0 Å². The maximum Gasteiger partial charge on any atom is 0.237 e. The van der Waals surface area contributed by atoms with Gasteiger partial charge in [-0.25, -0.2) is 0 Å². The Balaban J connectivity index is 1.48. The summed E-state index contributed by atoms with van der Waals surface area (Å²) in [6.45, 7) is 5.27. The van der Waals surface area contributed by atoms with Crippen LogP contribution in [0.1, 0.15) is 38.3 Å². The first-order chi connectivity index (χ1) is 14.0. The van der Waals surface area contributed by atoms with Gasteiger partial charge in [0.2, 0.25) is 11.8 Å². The highest BCUT2D eigenvalue weighted by Gasteiger charge is 2.30. The fourth-order valence-corrected chi connectivity index (χ4v) is 3.69. The van der Waals surface area contributed by atoms with Gasteiger partial charge in [0.15, 0.2) is 0 Å². The molecule has 6 heteroatoms. The van der Waals surface area contributed by atoms with Crippen molar-refractivity contribution in [2.75, 3.05) is 18.4 Å². The van der Waals surface area contributed by atoms with E-state index in [-0.39, 0.29) is 35.6 Å². The number of aromatic hydroxyl groups is 1. The Bertz CT molecular complexity index is 832. The van der Waals surface area contributed by atoms with E-state index in [2.05, 4.69) is 15.5 Å². The summed E-state index contributed by atoms with van der Waals surface area (Å²) in [5.74, 6) is -0.139. The average molecular weight is 396 g/mol. The molecular formula is C23H29N3O3. The molecule has 1 heterocycles. The molecule has 3 N–H and O–H groups in total. The van der Waals surface area contributed by atoms with Crippen LogP contribution < -0.4 is 10.6 Å². The summed E-state index contributed by atoms with van der Waals surface area (Å²) in [7, 11) is 0. The zero-order valence-corrected chi connectivity index (χ0v) is 17.0.